The van der Waals surface area contributed by atoms with Gasteiger partial charge in [0.2, 0.25) is 11.0 Å². The summed E-state index contributed by atoms with van der Waals surface area (Å²) in [4.78, 5) is 14.3. The lowest BCUT2D eigenvalue weighted by Crippen LogP contribution is -2.42. The van der Waals surface area contributed by atoms with Crippen molar-refractivity contribution in [1.82, 2.24) is 15.1 Å². The molecule has 1 atom stereocenters. The van der Waals surface area contributed by atoms with E-state index in [0.717, 1.165) is 19.4 Å². The van der Waals surface area contributed by atoms with E-state index < -0.39 is 0 Å². The second kappa shape index (κ2) is 7.94. The van der Waals surface area contributed by atoms with Crippen LogP contribution in [0.25, 0.3) is 0 Å². The number of thioether (sulfide) groups is 1. The summed E-state index contributed by atoms with van der Waals surface area (Å²) < 4.78 is 14.3. The van der Waals surface area contributed by atoms with Crippen LogP contribution in [0.3, 0.4) is 0 Å². The molecule has 0 spiro atoms. The molecule has 1 N–H and O–H groups in total. The zero-order chi connectivity index (χ0) is 16.9. The molecule has 1 aliphatic rings. The van der Waals surface area contributed by atoms with Crippen molar-refractivity contribution in [3.05, 3.63) is 30.1 Å². The lowest BCUT2D eigenvalue weighted by atomic mass is 10.0. The van der Waals surface area contributed by atoms with Crippen LogP contribution in [0.1, 0.15) is 26.2 Å². The number of likely N-dealkylation sites (tertiary alicyclic amines) is 1. The summed E-state index contributed by atoms with van der Waals surface area (Å²) in [6, 6.07) is 6.73. The molecule has 2 heterocycles. The lowest BCUT2D eigenvalue weighted by Gasteiger charge is -2.33. The molecule has 1 amide bonds. The van der Waals surface area contributed by atoms with Gasteiger partial charge in [0, 0.05) is 12.6 Å². The van der Waals surface area contributed by atoms with E-state index in [1.807, 2.05) is 4.90 Å². The van der Waals surface area contributed by atoms with E-state index in [4.69, 9.17) is 0 Å². The van der Waals surface area contributed by atoms with Crippen LogP contribution in [0.5, 0.6) is 0 Å². The molecule has 1 aromatic carbocycles. The topological polar surface area (TPSA) is 58.1 Å². The van der Waals surface area contributed by atoms with Crippen LogP contribution in [0.2, 0.25) is 0 Å². The fraction of sp³-hybridized carbons (Fsp3) is 0.438. The zero-order valence-electron chi connectivity index (χ0n) is 13.4. The quantitative estimate of drug-likeness (QED) is 0.813. The summed E-state index contributed by atoms with van der Waals surface area (Å²) in [5.41, 5.74) is 0.364. The molecule has 5 nitrogen and oxygen atoms in total. The van der Waals surface area contributed by atoms with Gasteiger partial charge in [0.05, 0.1) is 11.4 Å². The molecule has 1 saturated heterocycles. The second-order valence-corrected chi connectivity index (χ2v) is 7.90. The van der Waals surface area contributed by atoms with Crippen molar-refractivity contribution in [3.8, 4) is 0 Å². The summed E-state index contributed by atoms with van der Waals surface area (Å²) in [7, 11) is 0. The molecule has 0 unspecified atom stereocenters. The van der Waals surface area contributed by atoms with Gasteiger partial charge in [-0.3, -0.25) is 4.79 Å². The van der Waals surface area contributed by atoms with Crippen LogP contribution >= 0.6 is 23.1 Å². The average Bonchev–Trinajstić information content (AvgIpc) is 3.03. The first-order chi connectivity index (χ1) is 11.6. The Morgan fingerprint density at radius 1 is 1.42 bits per heavy atom. The number of nitrogens with zero attached hydrogens (tertiary/aromatic N) is 3. The molecule has 1 aromatic heterocycles. The summed E-state index contributed by atoms with van der Waals surface area (Å²) >= 11 is 2.70. The van der Waals surface area contributed by atoms with Gasteiger partial charge in [-0.2, -0.15) is 0 Å². The smallest absolute Gasteiger partial charge is 0.233 e. The molecular formula is C16H19FN4OS2. The minimum Gasteiger partial charge on any atom is -0.339 e. The van der Waals surface area contributed by atoms with Crippen LogP contribution in [0.15, 0.2) is 28.6 Å². The molecule has 24 heavy (non-hydrogen) atoms. The highest BCUT2D eigenvalue weighted by atomic mass is 32.2. The van der Waals surface area contributed by atoms with Crippen LogP contribution in [0.4, 0.5) is 15.2 Å². The van der Waals surface area contributed by atoms with Gasteiger partial charge in [0.25, 0.3) is 0 Å². The Morgan fingerprint density at radius 2 is 2.25 bits per heavy atom. The van der Waals surface area contributed by atoms with Crippen molar-refractivity contribution in [2.24, 2.45) is 0 Å². The van der Waals surface area contributed by atoms with Gasteiger partial charge < -0.3 is 10.2 Å². The van der Waals surface area contributed by atoms with Gasteiger partial charge in [0.1, 0.15) is 5.82 Å². The van der Waals surface area contributed by atoms with Gasteiger partial charge in [0.15, 0.2) is 4.34 Å². The summed E-state index contributed by atoms with van der Waals surface area (Å²) in [5, 5.41) is 11.5. The Labute approximate surface area is 148 Å². The Hall–Kier alpha value is -1.67. The minimum atomic E-state index is -0.337. The maximum Gasteiger partial charge on any atom is 0.233 e. The standard InChI is InChI=1S/C16H19FN4OS2/c1-11-6-4-5-9-21(11)14(22)10-23-16-20-19-15(24-16)18-13-8-3-2-7-12(13)17/h2-3,7-8,11H,4-6,9-10H2,1H3,(H,18,19)/t11-/m0/s1. The number of amides is 1. The number of hydrogen-bond donors (Lipinski definition) is 1. The largest absolute Gasteiger partial charge is 0.339 e. The molecule has 0 aliphatic carbocycles. The molecule has 0 bridgehead atoms. The highest BCUT2D eigenvalue weighted by molar-refractivity contribution is 8.01. The number of benzene rings is 1. The van der Waals surface area contributed by atoms with Crippen LogP contribution in [0, 0.1) is 5.82 Å². The predicted molar refractivity (Wildman–Crippen MR) is 95.3 cm³/mol. The van der Waals surface area contributed by atoms with E-state index in [-0.39, 0.29) is 11.7 Å². The predicted octanol–water partition coefficient (Wildman–Crippen LogP) is 3.91. The van der Waals surface area contributed by atoms with Crippen molar-refractivity contribution in [3.63, 3.8) is 0 Å². The Bertz CT molecular complexity index is 709. The Kier molecular flexibility index (Phi) is 5.68. The molecule has 2 aromatic rings. The fourth-order valence-corrected chi connectivity index (χ4v) is 4.32. The van der Waals surface area contributed by atoms with Gasteiger partial charge in [-0.05, 0) is 38.3 Å². The number of anilines is 2. The maximum atomic E-state index is 13.6. The second-order valence-electron chi connectivity index (χ2n) is 5.70. The first-order valence-electron chi connectivity index (χ1n) is 7.91. The molecular weight excluding hydrogens is 347 g/mol. The van der Waals surface area contributed by atoms with Gasteiger partial charge in [-0.25, -0.2) is 4.39 Å². The van der Waals surface area contributed by atoms with Crippen molar-refractivity contribution in [1.29, 1.82) is 0 Å². The highest BCUT2D eigenvalue weighted by Crippen LogP contribution is 2.29. The number of nitrogens with one attached hydrogen (secondary N) is 1. The minimum absolute atomic E-state index is 0.144. The molecule has 8 heteroatoms. The van der Waals surface area contributed by atoms with Crippen LogP contribution in [-0.2, 0) is 4.79 Å². The highest BCUT2D eigenvalue weighted by Gasteiger charge is 2.23. The number of para-hydroxylation sites is 1. The monoisotopic (exact) mass is 366 g/mol. The number of hydrogen-bond acceptors (Lipinski definition) is 6. The maximum absolute atomic E-state index is 13.6. The summed E-state index contributed by atoms with van der Waals surface area (Å²) in [6.45, 7) is 2.94. The molecule has 3 rings (SSSR count). The number of halogens is 1. The van der Waals surface area contributed by atoms with Gasteiger partial charge in [-0.15, -0.1) is 10.2 Å². The Balaban J connectivity index is 1.54. The summed E-state index contributed by atoms with van der Waals surface area (Å²) in [5.74, 6) is 0.167. The van der Waals surface area contributed by atoms with Crippen molar-refractivity contribution in [2.45, 2.75) is 36.6 Å². The van der Waals surface area contributed by atoms with Crippen molar-refractivity contribution < 1.29 is 9.18 Å². The van der Waals surface area contributed by atoms with Crippen LogP contribution < -0.4 is 5.32 Å². The van der Waals surface area contributed by atoms with Crippen molar-refractivity contribution in [2.75, 3.05) is 17.6 Å². The third kappa shape index (κ3) is 4.24. The van der Waals surface area contributed by atoms with E-state index in [1.165, 1.54) is 35.6 Å². The molecule has 1 fully saturated rings. The number of piperidine rings is 1. The molecule has 0 saturated carbocycles. The van der Waals surface area contributed by atoms with Gasteiger partial charge in [-0.1, -0.05) is 35.2 Å². The Morgan fingerprint density at radius 3 is 3.04 bits per heavy atom. The normalized spacial score (nSPS) is 17.8. The van der Waals surface area contributed by atoms with Gasteiger partial charge >= 0.3 is 0 Å². The fourth-order valence-electron chi connectivity index (χ4n) is 2.67. The van der Waals surface area contributed by atoms with E-state index in [9.17, 15) is 9.18 Å². The summed E-state index contributed by atoms with van der Waals surface area (Å²) in [6.07, 6.45) is 3.35. The number of rotatable bonds is 5. The number of carbonyl (C=O) groups is 1. The van der Waals surface area contributed by atoms with Crippen molar-refractivity contribution >= 4 is 39.8 Å². The van der Waals surface area contributed by atoms with E-state index in [1.54, 1.807) is 18.2 Å². The first kappa shape index (κ1) is 17.2. The molecule has 1 aliphatic heterocycles. The third-order valence-electron chi connectivity index (χ3n) is 3.96. The average molecular weight is 366 g/mol. The first-order valence-corrected chi connectivity index (χ1v) is 9.71. The molecule has 0 radical (unpaired) electrons. The van der Waals surface area contributed by atoms with E-state index >= 15 is 0 Å². The third-order valence-corrected chi connectivity index (χ3v) is 5.92. The number of aromatic nitrogens is 2. The number of carbonyl (C=O) groups excluding carboxylic acids is 1. The lowest BCUT2D eigenvalue weighted by molar-refractivity contribution is -0.131. The zero-order valence-corrected chi connectivity index (χ0v) is 15.0. The van der Waals surface area contributed by atoms with Crippen LogP contribution in [-0.4, -0.2) is 39.3 Å². The molecule has 128 valence electrons. The van der Waals surface area contributed by atoms with E-state index in [2.05, 4.69) is 22.4 Å². The van der Waals surface area contributed by atoms with E-state index in [0.29, 0.717) is 27.0 Å². The SMILES string of the molecule is C[C@H]1CCCCN1C(=O)CSc1nnc(Nc2ccccc2F)s1.